The largest absolute Gasteiger partial charge is 0.489 e. The molecular formula is C29H33N7O4. The number of nitrogens with one attached hydrogen (secondary N) is 2. The van der Waals surface area contributed by atoms with Crippen molar-refractivity contribution in [3.05, 3.63) is 60.4 Å². The number of benzene rings is 1. The van der Waals surface area contributed by atoms with Crippen LogP contribution >= 0.6 is 0 Å². The molecule has 2 bridgehead atoms. The minimum atomic E-state index is -0.299. The standard InChI is InChI=1S/C29H33N7O4/c1-5-25(37)30-11-13-39-24-10-6-9-22-26(24)36-17-18(2)8-7-12-40-28-21(16-31-35(28)4)23-15-20(14-19(3)32-23)27(38)34-29(36)33-22/h5-6,9-10,14-16,18H,1,7-8,11-13,17H2,2-4H3,(H,30,37)(H,33,34,38). The fraction of sp³-hybridized carbons (Fsp3) is 0.345. The van der Waals surface area contributed by atoms with Gasteiger partial charge in [-0.15, -0.1) is 0 Å². The lowest BCUT2D eigenvalue weighted by Crippen LogP contribution is -2.26. The average molecular weight is 544 g/mol. The van der Waals surface area contributed by atoms with Crippen LogP contribution in [0.5, 0.6) is 11.6 Å². The van der Waals surface area contributed by atoms with Crippen LogP contribution in [0.4, 0.5) is 5.95 Å². The molecule has 1 aromatic carbocycles. The van der Waals surface area contributed by atoms with Crippen molar-refractivity contribution < 1.29 is 19.1 Å². The number of para-hydroxylation sites is 1. The summed E-state index contributed by atoms with van der Waals surface area (Å²) in [5, 5.41) is 10.1. The summed E-state index contributed by atoms with van der Waals surface area (Å²) in [6, 6.07) is 9.11. The van der Waals surface area contributed by atoms with E-state index in [1.54, 1.807) is 23.0 Å². The van der Waals surface area contributed by atoms with Crippen molar-refractivity contribution in [3.8, 4) is 22.9 Å². The lowest BCUT2D eigenvalue weighted by atomic mass is 10.1. The van der Waals surface area contributed by atoms with Gasteiger partial charge in [-0.25, -0.2) is 9.67 Å². The lowest BCUT2D eigenvalue weighted by Gasteiger charge is -2.17. The molecule has 0 spiro atoms. The maximum Gasteiger partial charge on any atom is 0.258 e. The van der Waals surface area contributed by atoms with E-state index in [-0.39, 0.29) is 24.3 Å². The third-order valence-electron chi connectivity index (χ3n) is 6.75. The Morgan fingerprint density at radius 1 is 1.32 bits per heavy atom. The number of ether oxygens (including phenoxy) is 2. The zero-order valence-electron chi connectivity index (χ0n) is 22.9. The van der Waals surface area contributed by atoms with Crippen LogP contribution in [-0.2, 0) is 18.4 Å². The summed E-state index contributed by atoms with van der Waals surface area (Å²) in [6.07, 6.45) is 4.66. The van der Waals surface area contributed by atoms with Gasteiger partial charge in [0, 0.05) is 24.8 Å². The van der Waals surface area contributed by atoms with Crippen LogP contribution in [0.25, 0.3) is 22.3 Å². The summed E-state index contributed by atoms with van der Waals surface area (Å²) in [7, 11) is 1.83. The van der Waals surface area contributed by atoms with Crippen LogP contribution in [0, 0.1) is 12.8 Å². The molecule has 208 valence electrons. The summed E-state index contributed by atoms with van der Waals surface area (Å²) in [6.45, 7) is 9.21. The SMILES string of the molecule is C=CC(=O)NCCOc1cccc2nc3n(c12)CC(C)CCCOc1c(cnn1C)-c1cc(cc(C)n1)C(=O)N3. The summed E-state index contributed by atoms with van der Waals surface area (Å²) >= 11 is 0. The van der Waals surface area contributed by atoms with Gasteiger partial charge in [0.1, 0.15) is 17.9 Å². The highest BCUT2D eigenvalue weighted by Gasteiger charge is 2.22. The molecule has 4 aromatic rings. The number of nitrogens with zero attached hydrogens (tertiary/aromatic N) is 5. The Balaban J connectivity index is 1.53. The van der Waals surface area contributed by atoms with E-state index in [9.17, 15) is 9.59 Å². The van der Waals surface area contributed by atoms with Gasteiger partial charge in [0.05, 0.1) is 36.1 Å². The molecule has 0 saturated heterocycles. The molecule has 2 N–H and O–H groups in total. The van der Waals surface area contributed by atoms with Crippen molar-refractivity contribution >= 4 is 28.8 Å². The molecule has 0 fully saturated rings. The molecule has 4 heterocycles. The number of rotatable bonds is 5. The van der Waals surface area contributed by atoms with Crippen molar-refractivity contribution in [1.82, 2.24) is 29.6 Å². The molecule has 40 heavy (non-hydrogen) atoms. The van der Waals surface area contributed by atoms with E-state index < -0.39 is 0 Å². The topological polar surface area (TPSA) is 125 Å². The van der Waals surface area contributed by atoms with Crippen molar-refractivity contribution in [2.45, 2.75) is 33.2 Å². The second-order valence-electron chi connectivity index (χ2n) is 9.93. The molecule has 5 rings (SSSR count). The fourth-order valence-electron chi connectivity index (χ4n) is 4.84. The quantitative estimate of drug-likeness (QED) is 0.289. The highest BCUT2D eigenvalue weighted by atomic mass is 16.5. The van der Waals surface area contributed by atoms with E-state index in [4.69, 9.17) is 14.5 Å². The van der Waals surface area contributed by atoms with Crippen molar-refractivity contribution in [3.63, 3.8) is 0 Å². The van der Waals surface area contributed by atoms with Gasteiger partial charge in [0.2, 0.25) is 17.7 Å². The Kier molecular flexibility index (Phi) is 7.81. The normalized spacial score (nSPS) is 15.6. The summed E-state index contributed by atoms with van der Waals surface area (Å²) in [5.41, 5.74) is 3.98. The zero-order valence-corrected chi connectivity index (χ0v) is 22.9. The zero-order chi connectivity index (χ0) is 28.2. The number of carbonyl (C=O) groups is 2. The summed E-state index contributed by atoms with van der Waals surface area (Å²) < 4.78 is 15.9. The molecule has 0 radical (unpaired) electrons. The summed E-state index contributed by atoms with van der Waals surface area (Å²) in [4.78, 5) is 34.5. The molecular weight excluding hydrogens is 510 g/mol. The number of aryl methyl sites for hydroxylation is 2. The molecule has 3 aromatic heterocycles. The molecule has 1 aliphatic heterocycles. The van der Waals surface area contributed by atoms with Crippen LogP contribution < -0.4 is 20.1 Å². The van der Waals surface area contributed by atoms with E-state index in [0.717, 1.165) is 23.9 Å². The Labute approximate surface area is 232 Å². The molecule has 1 atom stereocenters. The number of imidazole rings is 1. The molecule has 1 unspecified atom stereocenters. The minimum Gasteiger partial charge on any atom is -0.489 e. The van der Waals surface area contributed by atoms with Crippen LogP contribution in [0.15, 0.2) is 49.2 Å². The van der Waals surface area contributed by atoms with Gasteiger partial charge in [-0.2, -0.15) is 5.10 Å². The van der Waals surface area contributed by atoms with Crippen molar-refractivity contribution in [2.24, 2.45) is 13.0 Å². The first-order chi connectivity index (χ1) is 19.3. The first kappa shape index (κ1) is 26.9. The predicted molar refractivity (Wildman–Crippen MR) is 151 cm³/mol. The van der Waals surface area contributed by atoms with E-state index in [1.807, 2.05) is 36.7 Å². The lowest BCUT2D eigenvalue weighted by molar-refractivity contribution is -0.116. The van der Waals surface area contributed by atoms with Gasteiger partial charge in [-0.1, -0.05) is 19.6 Å². The predicted octanol–water partition coefficient (Wildman–Crippen LogP) is 3.88. The average Bonchev–Trinajstić information content (AvgIpc) is 3.47. The van der Waals surface area contributed by atoms with Crippen LogP contribution in [-0.4, -0.2) is 55.9 Å². The third kappa shape index (κ3) is 5.68. The second kappa shape index (κ2) is 11.6. The minimum absolute atomic E-state index is 0.248. The maximum atomic E-state index is 13.6. The van der Waals surface area contributed by atoms with Crippen molar-refractivity contribution in [2.75, 3.05) is 25.1 Å². The number of hydrogen-bond acceptors (Lipinski definition) is 7. The molecule has 11 heteroatoms. The number of anilines is 1. The van der Waals surface area contributed by atoms with Gasteiger partial charge in [-0.3, -0.25) is 19.9 Å². The number of fused-ring (bicyclic) bond motifs is 7. The van der Waals surface area contributed by atoms with Gasteiger partial charge in [0.15, 0.2) is 0 Å². The molecule has 0 aliphatic carbocycles. The van der Waals surface area contributed by atoms with Gasteiger partial charge in [0.25, 0.3) is 5.91 Å². The Bertz CT molecular complexity index is 1570. The maximum absolute atomic E-state index is 13.6. The van der Waals surface area contributed by atoms with Crippen LogP contribution in [0.3, 0.4) is 0 Å². The highest BCUT2D eigenvalue weighted by Crippen LogP contribution is 2.32. The summed E-state index contributed by atoms with van der Waals surface area (Å²) in [5.74, 6) is 1.37. The third-order valence-corrected chi connectivity index (χ3v) is 6.75. The number of aromatic nitrogens is 5. The molecule has 2 amide bonds. The van der Waals surface area contributed by atoms with E-state index >= 15 is 0 Å². The Morgan fingerprint density at radius 3 is 3.00 bits per heavy atom. The highest BCUT2D eigenvalue weighted by molar-refractivity contribution is 6.05. The molecule has 0 saturated carbocycles. The fourth-order valence-corrected chi connectivity index (χ4v) is 4.84. The van der Waals surface area contributed by atoms with Gasteiger partial charge in [-0.05, 0) is 56.0 Å². The van der Waals surface area contributed by atoms with E-state index in [1.165, 1.54) is 6.08 Å². The number of amides is 2. The van der Waals surface area contributed by atoms with Crippen LogP contribution in [0.2, 0.25) is 0 Å². The molecule has 1 aliphatic rings. The van der Waals surface area contributed by atoms with Gasteiger partial charge >= 0.3 is 0 Å². The molecule has 11 nitrogen and oxygen atoms in total. The number of carbonyl (C=O) groups excluding carboxylic acids is 2. The van der Waals surface area contributed by atoms with E-state index in [2.05, 4.69) is 34.2 Å². The van der Waals surface area contributed by atoms with Gasteiger partial charge < -0.3 is 19.4 Å². The Morgan fingerprint density at radius 2 is 2.17 bits per heavy atom. The number of pyridine rings is 1. The van der Waals surface area contributed by atoms with Crippen LogP contribution in [0.1, 0.15) is 35.8 Å². The smallest absolute Gasteiger partial charge is 0.258 e. The Hall–Kier alpha value is -4.67. The first-order valence-corrected chi connectivity index (χ1v) is 13.3. The van der Waals surface area contributed by atoms with Crippen molar-refractivity contribution in [1.29, 1.82) is 0 Å². The monoisotopic (exact) mass is 543 g/mol. The second-order valence-corrected chi connectivity index (χ2v) is 9.93. The first-order valence-electron chi connectivity index (χ1n) is 13.3. The number of hydrogen-bond donors (Lipinski definition) is 2. The van der Waals surface area contributed by atoms with E-state index in [0.29, 0.717) is 59.7 Å².